The van der Waals surface area contributed by atoms with Gasteiger partial charge in [-0.3, -0.25) is 4.79 Å². The minimum Gasteiger partial charge on any atom is -0.289 e. The third kappa shape index (κ3) is 2.68. The van der Waals surface area contributed by atoms with Gasteiger partial charge < -0.3 is 0 Å². The van der Waals surface area contributed by atoms with Crippen LogP contribution in [-0.2, 0) is 7.05 Å². The van der Waals surface area contributed by atoms with Crippen molar-refractivity contribution in [3.63, 3.8) is 0 Å². The molecule has 0 unspecified atom stereocenters. The summed E-state index contributed by atoms with van der Waals surface area (Å²) in [6.45, 7) is 2.07. The zero-order valence-electron chi connectivity index (χ0n) is 12.8. The van der Waals surface area contributed by atoms with Gasteiger partial charge in [-0.05, 0) is 24.6 Å². The number of aromatic nitrogens is 1. The van der Waals surface area contributed by atoms with Crippen molar-refractivity contribution in [3.8, 4) is 11.3 Å². The van der Waals surface area contributed by atoms with Crippen LogP contribution < -0.4 is 4.57 Å². The quantitative estimate of drug-likeness (QED) is 0.531. The molecule has 0 spiro atoms. The van der Waals surface area contributed by atoms with Gasteiger partial charge >= 0.3 is 0 Å². The Kier molecular flexibility index (Phi) is 3.84. The summed E-state index contributed by atoms with van der Waals surface area (Å²) in [5.74, 6) is 0.0560. The van der Waals surface area contributed by atoms with Crippen LogP contribution in [0.1, 0.15) is 21.5 Å². The summed E-state index contributed by atoms with van der Waals surface area (Å²) < 4.78 is 2.07. The molecule has 108 valence electrons. The van der Waals surface area contributed by atoms with Crippen molar-refractivity contribution >= 4 is 5.78 Å². The van der Waals surface area contributed by atoms with Gasteiger partial charge in [0.05, 0.1) is 0 Å². The summed E-state index contributed by atoms with van der Waals surface area (Å²) in [5, 5.41) is 0. The molecule has 2 aromatic carbocycles. The van der Waals surface area contributed by atoms with E-state index in [1.165, 1.54) is 0 Å². The predicted octanol–water partition coefficient (Wildman–Crippen LogP) is 3.72. The number of nitrogens with zero attached hydrogens (tertiary/aromatic N) is 1. The van der Waals surface area contributed by atoms with E-state index in [0.717, 1.165) is 27.9 Å². The minimum atomic E-state index is 0.0560. The van der Waals surface area contributed by atoms with Crippen LogP contribution in [0.15, 0.2) is 72.9 Å². The van der Waals surface area contributed by atoms with Crippen molar-refractivity contribution in [1.82, 2.24) is 0 Å². The molecule has 0 saturated heterocycles. The Morgan fingerprint density at radius 2 is 1.59 bits per heavy atom. The van der Waals surface area contributed by atoms with Gasteiger partial charge in [0.1, 0.15) is 7.05 Å². The molecule has 1 aromatic heterocycles. The van der Waals surface area contributed by atoms with Crippen molar-refractivity contribution in [3.05, 3.63) is 89.6 Å². The van der Waals surface area contributed by atoms with Crippen LogP contribution in [-0.4, -0.2) is 5.78 Å². The SMILES string of the molecule is Cc1ccc(C(=O)c2ccccc2)cc1-c1cccc[n+]1C. The van der Waals surface area contributed by atoms with Crippen LogP contribution >= 0.6 is 0 Å². The number of carbonyl (C=O) groups is 1. The van der Waals surface area contributed by atoms with Crippen LogP contribution in [0.25, 0.3) is 11.3 Å². The molecule has 0 aliphatic carbocycles. The molecule has 22 heavy (non-hydrogen) atoms. The zero-order valence-corrected chi connectivity index (χ0v) is 12.8. The molecule has 0 aliphatic heterocycles. The lowest BCUT2D eigenvalue weighted by molar-refractivity contribution is -0.660. The molecule has 2 nitrogen and oxygen atoms in total. The molecule has 2 heteroatoms. The molecule has 3 aromatic rings. The van der Waals surface area contributed by atoms with Crippen LogP contribution in [0.5, 0.6) is 0 Å². The highest BCUT2D eigenvalue weighted by Crippen LogP contribution is 2.23. The van der Waals surface area contributed by atoms with E-state index in [9.17, 15) is 4.79 Å². The van der Waals surface area contributed by atoms with E-state index in [-0.39, 0.29) is 5.78 Å². The van der Waals surface area contributed by atoms with E-state index in [1.54, 1.807) is 0 Å². The van der Waals surface area contributed by atoms with Gasteiger partial charge in [0, 0.05) is 28.8 Å². The molecule has 0 bridgehead atoms. The fourth-order valence-corrected chi connectivity index (χ4v) is 2.60. The van der Waals surface area contributed by atoms with E-state index < -0.39 is 0 Å². The zero-order chi connectivity index (χ0) is 15.5. The average Bonchev–Trinajstić information content (AvgIpc) is 2.56. The second kappa shape index (κ2) is 5.94. The number of hydrogen-bond donors (Lipinski definition) is 0. The lowest BCUT2D eigenvalue weighted by Crippen LogP contribution is -2.30. The van der Waals surface area contributed by atoms with Gasteiger partial charge in [-0.2, -0.15) is 0 Å². The summed E-state index contributed by atoms with van der Waals surface area (Å²) in [4.78, 5) is 12.6. The Bertz CT molecular complexity index is 822. The molecule has 0 atom stereocenters. The first kappa shape index (κ1) is 14.2. The second-order valence-electron chi connectivity index (χ2n) is 5.42. The Balaban J connectivity index is 2.08. The third-order valence-corrected chi connectivity index (χ3v) is 3.87. The van der Waals surface area contributed by atoms with Gasteiger partial charge in [-0.25, -0.2) is 4.57 Å². The largest absolute Gasteiger partial charge is 0.289 e. The van der Waals surface area contributed by atoms with E-state index in [4.69, 9.17) is 0 Å². The van der Waals surface area contributed by atoms with Gasteiger partial charge in [-0.15, -0.1) is 0 Å². The second-order valence-corrected chi connectivity index (χ2v) is 5.42. The van der Waals surface area contributed by atoms with Crippen LogP contribution in [0.3, 0.4) is 0 Å². The Hall–Kier alpha value is -2.74. The lowest BCUT2D eigenvalue weighted by atomic mass is 9.97. The summed E-state index contributed by atoms with van der Waals surface area (Å²) in [6, 6.07) is 21.4. The molecule has 0 N–H and O–H groups in total. The van der Waals surface area contributed by atoms with Crippen LogP contribution in [0, 0.1) is 6.92 Å². The van der Waals surface area contributed by atoms with Gasteiger partial charge in [0.15, 0.2) is 12.0 Å². The first-order chi connectivity index (χ1) is 10.7. The van der Waals surface area contributed by atoms with E-state index in [0.29, 0.717) is 0 Å². The summed E-state index contributed by atoms with van der Waals surface area (Å²) in [5.41, 5.74) is 4.78. The first-order valence-corrected chi connectivity index (χ1v) is 7.32. The maximum absolute atomic E-state index is 12.6. The number of ketones is 1. The standard InChI is InChI=1S/C20H18NO/c1-15-11-12-17(20(22)16-8-4-3-5-9-16)14-18(15)19-10-6-7-13-21(19)2/h3-14H,1-2H3/q+1. The summed E-state index contributed by atoms with van der Waals surface area (Å²) in [7, 11) is 2.01. The van der Waals surface area contributed by atoms with Gasteiger partial charge in [-0.1, -0.05) is 42.5 Å². The van der Waals surface area contributed by atoms with Gasteiger partial charge in [0.2, 0.25) is 5.69 Å². The number of pyridine rings is 1. The Labute approximate surface area is 130 Å². The first-order valence-electron chi connectivity index (χ1n) is 7.32. The van der Waals surface area contributed by atoms with E-state index in [1.807, 2.05) is 73.9 Å². The summed E-state index contributed by atoms with van der Waals surface area (Å²) >= 11 is 0. The van der Waals surface area contributed by atoms with Crippen LogP contribution in [0.2, 0.25) is 0 Å². The number of aryl methyl sites for hydroxylation is 2. The molecule has 0 fully saturated rings. The fourth-order valence-electron chi connectivity index (χ4n) is 2.60. The van der Waals surface area contributed by atoms with Crippen molar-refractivity contribution in [2.75, 3.05) is 0 Å². The number of hydrogen-bond acceptors (Lipinski definition) is 1. The highest BCUT2D eigenvalue weighted by molar-refractivity contribution is 6.09. The normalized spacial score (nSPS) is 10.5. The Morgan fingerprint density at radius 1 is 0.864 bits per heavy atom. The smallest absolute Gasteiger partial charge is 0.212 e. The molecule has 0 amide bonds. The molecule has 3 rings (SSSR count). The van der Waals surface area contributed by atoms with Crippen molar-refractivity contribution < 1.29 is 9.36 Å². The van der Waals surface area contributed by atoms with E-state index in [2.05, 4.69) is 17.6 Å². The summed E-state index contributed by atoms with van der Waals surface area (Å²) in [6.07, 6.45) is 2.01. The number of carbonyl (C=O) groups excluding carboxylic acids is 1. The molecular weight excluding hydrogens is 270 g/mol. The topological polar surface area (TPSA) is 20.9 Å². The van der Waals surface area contributed by atoms with Crippen molar-refractivity contribution in [2.24, 2.45) is 7.05 Å². The maximum Gasteiger partial charge on any atom is 0.212 e. The molecule has 0 aliphatic rings. The predicted molar refractivity (Wildman–Crippen MR) is 87.7 cm³/mol. The van der Waals surface area contributed by atoms with Crippen LogP contribution in [0.4, 0.5) is 0 Å². The monoisotopic (exact) mass is 288 g/mol. The molecule has 0 saturated carbocycles. The third-order valence-electron chi connectivity index (χ3n) is 3.87. The average molecular weight is 288 g/mol. The maximum atomic E-state index is 12.6. The minimum absolute atomic E-state index is 0.0560. The van der Waals surface area contributed by atoms with Gasteiger partial charge in [0.25, 0.3) is 0 Å². The van der Waals surface area contributed by atoms with Crippen molar-refractivity contribution in [2.45, 2.75) is 6.92 Å². The fraction of sp³-hybridized carbons (Fsp3) is 0.100. The van der Waals surface area contributed by atoms with Crippen molar-refractivity contribution in [1.29, 1.82) is 0 Å². The molecule has 1 heterocycles. The number of benzene rings is 2. The lowest BCUT2D eigenvalue weighted by Gasteiger charge is -2.07. The molecule has 0 radical (unpaired) electrons. The highest BCUT2D eigenvalue weighted by atomic mass is 16.1. The highest BCUT2D eigenvalue weighted by Gasteiger charge is 2.15. The van der Waals surface area contributed by atoms with E-state index >= 15 is 0 Å². The molecular formula is C20H18NO+. The Morgan fingerprint density at radius 3 is 2.32 bits per heavy atom. The number of rotatable bonds is 3.